The molecule has 0 radical (unpaired) electrons. The molecule has 0 atom stereocenters. The average Bonchev–Trinajstić information content (AvgIpc) is 3.18. The van der Waals surface area contributed by atoms with E-state index in [2.05, 4.69) is 56.7 Å². The summed E-state index contributed by atoms with van der Waals surface area (Å²) in [6.07, 6.45) is 7.54. The van der Waals surface area contributed by atoms with E-state index in [1.807, 2.05) is 35.3 Å². The quantitative estimate of drug-likeness (QED) is 0.545. The minimum absolute atomic E-state index is 0.582. The van der Waals surface area contributed by atoms with Gasteiger partial charge in [-0.05, 0) is 49.1 Å². The van der Waals surface area contributed by atoms with Crippen LogP contribution in [0.5, 0.6) is 0 Å². The Morgan fingerprint density at radius 1 is 0.862 bits per heavy atom. The maximum absolute atomic E-state index is 4.71. The van der Waals surface area contributed by atoms with Gasteiger partial charge in [0.15, 0.2) is 5.65 Å². The lowest BCUT2D eigenvalue weighted by atomic mass is 10.1. The lowest BCUT2D eigenvalue weighted by molar-refractivity contribution is 0.578. The first kappa shape index (κ1) is 17.7. The molecule has 1 aliphatic heterocycles. The molecule has 4 aromatic rings. The maximum Gasteiger partial charge on any atom is 0.229 e. The molecule has 29 heavy (non-hydrogen) atoms. The largest absolute Gasteiger partial charge is 0.372 e. The lowest BCUT2D eigenvalue weighted by Gasteiger charge is -2.28. The van der Waals surface area contributed by atoms with E-state index in [0.717, 1.165) is 29.8 Å². The van der Waals surface area contributed by atoms with Crippen LogP contribution >= 0.6 is 0 Å². The molecule has 0 spiro atoms. The second-order valence-electron chi connectivity index (χ2n) is 7.48. The van der Waals surface area contributed by atoms with E-state index in [0.29, 0.717) is 12.5 Å². The Morgan fingerprint density at radius 3 is 2.45 bits per heavy atom. The van der Waals surface area contributed by atoms with Crippen molar-refractivity contribution in [2.75, 3.05) is 23.3 Å². The number of rotatable bonds is 5. The van der Waals surface area contributed by atoms with Crippen LogP contribution in [-0.4, -0.2) is 32.8 Å². The number of nitrogens with zero attached hydrogens (tertiary/aromatic N) is 5. The Bertz CT molecular complexity index is 1080. The van der Waals surface area contributed by atoms with Crippen LogP contribution < -0.4 is 10.2 Å². The second-order valence-corrected chi connectivity index (χ2v) is 7.48. The van der Waals surface area contributed by atoms with Gasteiger partial charge in [0.1, 0.15) is 0 Å². The zero-order chi connectivity index (χ0) is 19.5. The van der Waals surface area contributed by atoms with Crippen LogP contribution in [0.4, 0.5) is 17.3 Å². The first-order chi connectivity index (χ1) is 14.3. The van der Waals surface area contributed by atoms with Gasteiger partial charge < -0.3 is 10.2 Å². The summed E-state index contributed by atoms with van der Waals surface area (Å²) in [7, 11) is 0. The Morgan fingerprint density at radius 2 is 1.66 bits per heavy atom. The number of piperidine rings is 1. The smallest absolute Gasteiger partial charge is 0.229 e. The molecule has 146 valence electrons. The van der Waals surface area contributed by atoms with Crippen LogP contribution in [0, 0.1) is 0 Å². The van der Waals surface area contributed by atoms with Crippen LogP contribution in [-0.2, 0) is 6.54 Å². The zero-order valence-corrected chi connectivity index (χ0v) is 16.3. The van der Waals surface area contributed by atoms with Crippen LogP contribution in [0.1, 0.15) is 24.8 Å². The van der Waals surface area contributed by atoms with E-state index < -0.39 is 0 Å². The molecule has 0 unspecified atom stereocenters. The molecule has 0 saturated carbocycles. The highest BCUT2D eigenvalue weighted by atomic mass is 15.3. The summed E-state index contributed by atoms with van der Waals surface area (Å²) >= 11 is 0. The van der Waals surface area contributed by atoms with Crippen molar-refractivity contribution in [1.82, 2.24) is 19.7 Å². The molecule has 0 aliphatic carbocycles. The number of hydrogen-bond donors (Lipinski definition) is 1. The third kappa shape index (κ3) is 3.92. The molecule has 2 aromatic heterocycles. The van der Waals surface area contributed by atoms with E-state index in [9.17, 15) is 0 Å². The number of hydrogen-bond acceptors (Lipinski definition) is 5. The Kier molecular flexibility index (Phi) is 4.82. The molecule has 1 N–H and O–H groups in total. The van der Waals surface area contributed by atoms with Crippen LogP contribution in [0.3, 0.4) is 0 Å². The van der Waals surface area contributed by atoms with Crippen molar-refractivity contribution in [2.45, 2.75) is 25.8 Å². The third-order valence-corrected chi connectivity index (χ3v) is 5.40. The fourth-order valence-corrected chi connectivity index (χ4v) is 3.84. The van der Waals surface area contributed by atoms with Crippen molar-refractivity contribution < 1.29 is 0 Å². The SMILES string of the molecule is c1ccc(Cn2ncc3cnc(Nc4ccc(N5CCCCC5)cc4)nc32)cc1. The molecule has 0 bridgehead atoms. The Balaban J connectivity index is 1.34. The molecule has 1 saturated heterocycles. The lowest BCUT2D eigenvalue weighted by Crippen LogP contribution is -2.29. The van der Waals surface area contributed by atoms with Gasteiger partial charge in [-0.15, -0.1) is 0 Å². The van der Waals surface area contributed by atoms with Crippen molar-refractivity contribution in [1.29, 1.82) is 0 Å². The molecule has 1 fully saturated rings. The standard InChI is InChI=1S/C23H24N6/c1-3-7-18(8-4-1)17-29-22-19(16-25-29)15-24-23(27-22)26-20-9-11-21(12-10-20)28-13-5-2-6-14-28/h1,3-4,7-12,15-16H,2,5-6,13-14,17H2,(H,24,26,27). The molecular weight excluding hydrogens is 360 g/mol. The summed E-state index contributed by atoms with van der Waals surface area (Å²) in [4.78, 5) is 11.6. The molecule has 2 aromatic carbocycles. The van der Waals surface area contributed by atoms with Crippen LogP contribution in [0.2, 0.25) is 0 Å². The second kappa shape index (κ2) is 7.91. The van der Waals surface area contributed by atoms with E-state index in [1.165, 1.54) is 30.5 Å². The molecule has 5 rings (SSSR count). The summed E-state index contributed by atoms with van der Waals surface area (Å²) in [6, 6.07) is 18.8. The van der Waals surface area contributed by atoms with Gasteiger partial charge in [0.25, 0.3) is 0 Å². The number of aromatic nitrogens is 4. The summed E-state index contributed by atoms with van der Waals surface area (Å²) < 4.78 is 1.91. The fourth-order valence-electron chi connectivity index (χ4n) is 3.84. The Hall–Kier alpha value is -3.41. The van der Waals surface area contributed by atoms with Gasteiger partial charge in [-0.25, -0.2) is 9.67 Å². The van der Waals surface area contributed by atoms with E-state index in [1.54, 1.807) is 0 Å². The molecule has 0 amide bonds. The van der Waals surface area contributed by atoms with Crippen molar-refractivity contribution in [3.63, 3.8) is 0 Å². The summed E-state index contributed by atoms with van der Waals surface area (Å²) in [5.41, 5.74) is 4.29. The molecule has 6 heteroatoms. The number of nitrogens with one attached hydrogen (secondary N) is 1. The van der Waals surface area contributed by atoms with E-state index >= 15 is 0 Å². The summed E-state index contributed by atoms with van der Waals surface area (Å²) in [6.45, 7) is 2.99. The van der Waals surface area contributed by atoms with Gasteiger partial charge in [-0.2, -0.15) is 10.1 Å². The predicted molar refractivity (Wildman–Crippen MR) is 117 cm³/mol. The minimum atomic E-state index is 0.582. The van der Waals surface area contributed by atoms with Gasteiger partial charge in [0.05, 0.1) is 18.1 Å². The summed E-state index contributed by atoms with van der Waals surface area (Å²) in [5, 5.41) is 8.75. The molecule has 6 nitrogen and oxygen atoms in total. The number of anilines is 3. The number of benzene rings is 2. The van der Waals surface area contributed by atoms with E-state index in [4.69, 9.17) is 4.98 Å². The highest BCUT2D eigenvalue weighted by Gasteiger charge is 2.11. The fraction of sp³-hybridized carbons (Fsp3) is 0.261. The molecular formula is C23H24N6. The average molecular weight is 384 g/mol. The first-order valence-electron chi connectivity index (χ1n) is 10.2. The van der Waals surface area contributed by atoms with Gasteiger partial charge >= 0.3 is 0 Å². The minimum Gasteiger partial charge on any atom is -0.372 e. The molecule has 3 heterocycles. The third-order valence-electron chi connectivity index (χ3n) is 5.40. The van der Waals surface area contributed by atoms with E-state index in [-0.39, 0.29) is 0 Å². The van der Waals surface area contributed by atoms with Gasteiger partial charge in [-0.3, -0.25) is 0 Å². The topological polar surface area (TPSA) is 58.9 Å². The normalized spacial score (nSPS) is 14.3. The van der Waals surface area contributed by atoms with Crippen molar-refractivity contribution in [3.8, 4) is 0 Å². The zero-order valence-electron chi connectivity index (χ0n) is 16.3. The first-order valence-corrected chi connectivity index (χ1v) is 10.2. The van der Waals surface area contributed by atoms with Crippen molar-refractivity contribution in [3.05, 3.63) is 72.6 Å². The van der Waals surface area contributed by atoms with Crippen molar-refractivity contribution >= 4 is 28.4 Å². The predicted octanol–water partition coefficient (Wildman–Crippen LogP) is 4.61. The van der Waals surface area contributed by atoms with Gasteiger partial charge in [0.2, 0.25) is 5.95 Å². The van der Waals surface area contributed by atoms with Crippen molar-refractivity contribution in [2.24, 2.45) is 0 Å². The maximum atomic E-state index is 4.71. The van der Waals surface area contributed by atoms with Crippen LogP contribution in [0.15, 0.2) is 67.0 Å². The molecule has 1 aliphatic rings. The Labute approximate surface area is 170 Å². The van der Waals surface area contributed by atoms with Gasteiger partial charge in [0, 0.05) is 30.7 Å². The monoisotopic (exact) mass is 384 g/mol. The van der Waals surface area contributed by atoms with Gasteiger partial charge in [-0.1, -0.05) is 30.3 Å². The highest BCUT2D eigenvalue weighted by Crippen LogP contribution is 2.23. The van der Waals surface area contributed by atoms with Crippen LogP contribution in [0.25, 0.3) is 11.0 Å². The summed E-state index contributed by atoms with van der Waals surface area (Å²) in [5.74, 6) is 0.582. The number of fused-ring (bicyclic) bond motifs is 1. The highest BCUT2D eigenvalue weighted by molar-refractivity contribution is 5.75.